The lowest BCUT2D eigenvalue weighted by Crippen LogP contribution is -2.32. The van der Waals surface area contributed by atoms with Crippen LogP contribution >= 0.6 is 0 Å². The summed E-state index contributed by atoms with van der Waals surface area (Å²) in [5.41, 5.74) is 1.09. The smallest absolute Gasteiger partial charge is 0.268 e. The third kappa shape index (κ3) is 4.15. The lowest BCUT2D eigenvalue weighted by atomic mass is 10.1. The van der Waals surface area contributed by atoms with Crippen LogP contribution in [0.25, 0.3) is 0 Å². The van der Waals surface area contributed by atoms with E-state index in [-0.39, 0.29) is 16.5 Å². The average molecular weight is 458 g/mol. The second-order valence-corrected chi connectivity index (χ2v) is 9.80. The molecular weight excluding hydrogens is 430 g/mol. The molecule has 0 unspecified atom stereocenters. The molecule has 1 aromatic carbocycles. The summed E-state index contributed by atoms with van der Waals surface area (Å²) in [6, 6.07) is 8.29. The first kappa shape index (κ1) is 22.1. The second-order valence-electron chi connectivity index (χ2n) is 7.86. The van der Waals surface area contributed by atoms with Crippen LogP contribution in [-0.2, 0) is 24.1 Å². The molecule has 0 aliphatic carbocycles. The van der Waals surface area contributed by atoms with Gasteiger partial charge in [0.2, 0.25) is 10.0 Å². The normalized spacial score (nSPS) is 15.6. The van der Waals surface area contributed by atoms with E-state index >= 15 is 0 Å². The molecule has 1 fully saturated rings. The SMILES string of the molecule is COc1ccc([C@@H](NC(=O)c2cc(S(=O)(=O)N3CCCC3)cn2C)c2nccn2C)cc1. The van der Waals surface area contributed by atoms with E-state index in [0.29, 0.717) is 24.7 Å². The number of aromatic nitrogens is 3. The zero-order valence-corrected chi connectivity index (χ0v) is 19.2. The number of carbonyl (C=O) groups is 1. The molecule has 1 aliphatic rings. The molecule has 32 heavy (non-hydrogen) atoms. The summed E-state index contributed by atoms with van der Waals surface area (Å²) in [5.74, 6) is 0.972. The minimum atomic E-state index is -3.61. The molecule has 10 heteroatoms. The van der Waals surface area contributed by atoms with Gasteiger partial charge in [0.05, 0.1) is 7.11 Å². The van der Waals surface area contributed by atoms with E-state index in [4.69, 9.17) is 4.74 Å². The summed E-state index contributed by atoms with van der Waals surface area (Å²) in [6.07, 6.45) is 6.67. The van der Waals surface area contributed by atoms with Crippen molar-refractivity contribution in [3.05, 3.63) is 66.0 Å². The van der Waals surface area contributed by atoms with Crippen molar-refractivity contribution in [2.24, 2.45) is 14.1 Å². The number of amides is 1. The standard InChI is InChI=1S/C22H27N5O4S/c1-25-13-10-23-21(25)20(16-6-8-17(31-3)9-7-16)24-22(28)19-14-18(15-26(19)2)32(29,30)27-11-4-5-12-27/h6-10,13-15,20H,4-5,11-12H2,1-3H3,(H,24,28)/t20-/m1/s1. The summed E-state index contributed by atoms with van der Waals surface area (Å²) in [6.45, 7) is 1.02. The number of rotatable bonds is 7. The monoisotopic (exact) mass is 457 g/mol. The molecule has 1 saturated heterocycles. The molecule has 170 valence electrons. The highest BCUT2D eigenvalue weighted by Gasteiger charge is 2.30. The number of nitrogens with one attached hydrogen (secondary N) is 1. The van der Waals surface area contributed by atoms with Crippen molar-refractivity contribution in [2.75, 3.05) is 20.2 Å². The molecule has 1 aliphatic heterocycles. The van der Waals surface area contributed by atoms with Crippen LogP contribution < -0.4 is 10.1 Å². The number of nitrogens with zero attached hydrogens (tertiary/aromatic N) is 4. The van der Waals surface area contributed by atoms with Gasteiger partial charge in [-0.15, -0.1) is 0 Å². The van der Waals surface area contributed by atoms with Crippen molar-refractivity contribution in [3.63, 3.8) is 0 Å². The van der Waals surface area contributed by atoms with Gasteiger partial charge < -0.3 is 19.2 Å². The fraction of sp³-hybridized carbons (Fsp3) is 0.364. The van der Waals surface area contributed by atoms with Gasteiger partial charge in [-0.2, -0.15) is 4.31 Å². The summed E-state index contributed by atoms with van der Waals surface area (Å²) in [4.78, 5) is 17.8. The number of ether oxygens (including phenoxy) is 1. The molecule has 9 nitrogen and oxygen atoms in total. The van der Waals surface area contributed by atoms with E-state index in [9.17, 15) is 13.2 Å². The van der Waals surface area contributed by atoms with Gasteiger partial charge in [-0.05, 0) is 36.6 Å². The zero-order valence-electron chi connectivity index (χ0n) is 18.4. The van der Waals surface area contributed by atoms with E-state index in [0.717, 1.165) is 18.4 Å². The highest BCUT2D eigenvalue weighted by Crippen LogP contribution is 2.25. The van der Waals surface area contributed by atoms with E-state index in [1.165, 1.54) is 16.6 Å². The van der Waals surface area contributed by atoms with Gasteiger partial charge in [-0.1, -0.05) is 12.1 Å². The van der Waals surface area contributed by atoms with Crippen LogP contribution in [0.1, 0.15) is 40.8 Å². The van der Waals surface area contributed by atoms with Gasteiger partial charge in [-0.25, -0.2) is 13.4 Å². The predicted molar refractivity (Wildman–Crippen MR) is 119 cm³/mol. The molecular formula is C22H27N5O4S. The summed E-state index contributed by atoms with van der Waals surface area (Å²) in [7, 11) is 1.51. The number of carbonyl (C=O) groups excluding carboxylic acids is 1. The third-order valence-corrected chi connectivity index (χ3v) is 7.62. The molecule has 2 aromatic heterocycles. The minimum absolute atomic E-state index is 0.130. The largest absolute Gasteiger partial charge is 0.497 e. The van der Waals surface area contributed by atoms with Crippen LogP contribution in [0.5, 0.6) is 5.75 Å². The minimum Gasteiger partial charge on any atom is -0.497 e. The number of sulfonamides is 1. The lowest BCUT2D eigenvalue weighted by molar-refractivity contribution is 0.0933. The Morgan fingerprint density at radius 1 is 1.12 bits per heavy atom. The highest BCUT2D eigenvalue weighted by atomic mass is 32.2. The van der Waals surface area contributed by atoms with Crippen LogP contribution in [0.2, 0.25) is 0 Å². The Labute approximate surface area is 187 Å². The summed E-state index contributed by atoms with van der Waals surface area (Å²) in [5, 5.41) is 3.01. The predicted octanol–water partition coefficient (Wildman–Crippen LogP) is 2.07. The highest BCUT2D eigenvalue weighted by molar-refractivity contribution is 7.89. The fourth-order valence-electron chi connectivity index (χ4n) is 3.93. The van der Waals surface area contributed by atoms with Gasteiger partial charge in [0.1, 0.15) is 28.2 Å². The van der Waals surface area contributed by atoms with Gasteiger partial charge >= 0.3 is 0 Å². The number of hydrogen-bond acceptors (Lipinski definition) is 5. The fourth-order valence-corrected chi connectivity index (χ4v) is 5.52. The molecule has 0 bridgehead atoms. The lowest BCUT2D eigenvalue weighted by Gasteiger charge is -2.19. The van der Waals surface area contributed by atoms with Gasteiger partial charge in [0, 0.05) is 45.8 Å². The maximum absolute atomic E-state index is 13.2. The Balaban J connectivity index is 1.64. The summed E-state index contributed by atoms with van der Waals surface area (Å²) >= 11 is 0. The molecule has 1 atom stereocenters. The maximum Gasteiger partial charge on any atom is 0.268 e. The van der Waals surface area contributed by atoms with E-state index in [1.807, 2.05) is 35.9 Å². The van der Waals surface area contributed by atoms with Crippen molar-refractivity contribution in [1.82, 2.24) is 23.7 Å². The number of imidazole rings is 1. The topological polar surface area (TPSA) is 98.5 Å². The average Bonchev–Trinajstić information content (AvgIpc) is 3.53. The van der Waals surface area contributed by atoms with Gasteiger partial charge in [0.25, 0.3) is 5.91 Å². The van der Waals surface area contributed by atoms with Crippen LogP contribution in [0.3, 0.4) is 0 Å². The molecule has 1 N–H and O–H groups in total. The van der Waals surface area contributed by atoms with Crippen LogP contribution in [0.15, 0.2) is 53.8 Å². The Bertz CT molecular complexity index is 1210. The van der Waals surface area contributed by atoms with Crippen LogP contribution in [0, 0.1) is 0 Å². The Kier molecular flexibility index (Phi) is 6.07. The first-order chi connectivity index (χ1) is 15.3. The van der Waals surface area contributed by atoms with Crippen LogP contribution in [0.4, 0.5) is 0 Å². The number of methoxy groups -OCH3 is 1. The molecule has 0 spiro atoms. The van der Waals surface area contributed by atoms with E-state index < -0.39 is 16.1 Å². The van der Waals surface area contributed by atoms with Gasteiger partial charge in [0.15, 0.2) is 0 Å². The molecule has 3 aromatic rings. The van der Waals surface area contributed by atoms with E-state index in [2.05, 4.69) is 10.3 Å². The van der Waals surface area contributed by atoms with Crippen molar-refractivity contribution < 1.29 is 17.9 Å². The van der Waals surface area contributed by atoms with Gasteiger partial charge in [-0.3, -0.25) is 4.79 Å². The maximum atomic E-state index is 13.2. The van der Waals surface area contributed by atoms with Crippen molar-refractivity contribution in [1.29, 1.82) is 0 Å². The number of aryl methyl sites for hydroxylation is 2. The molecule has 1 amide bonds. The number of benzene rings is 1. The van der Waals surface area contributed by atoms with Crippen LogP contribution in [-0.4, -0.2) is 52.9 Å². The zero-order chi connectivity index (χ0) is 22.9. The van der Waals surface area contributed by atoms with Crippen molar-refractivity contribution >= 4 is 15.9 Å². The molecule has 3 heterocycles. The first-order valence-electron chi connectivity index (χ1n) is 10.4. The Morgan fingerprint density at radius 3 is 2.41 bits per heavy atom. The number of hydrogen-bond donors (Lipinski definition) is 1. The first-order valence-corrected chi connectivity index (χ1v) is 11.8. The van der Waals surface area contributed by atoms with Crippen molar-refractivity contribution in [2.45, 2.75) is 23.8 Å². The molecule has 4 rings (SSSR count). The summed E-state index contributed by atoms with van der Waals surface area (Å²) < 4.78 is 35.9. The Morgan fingerprint density at radius 2 is 1.81 bits per heavy atom. The Hall–Kier alpha value is -3.11. The third-order valence-electron chi connectivity index (χ3n) is 5.76. The van der Waals surface area contributed by atoms with E-state index in [1.54, 1.807) is 31.1 Å². The second kappa shape index (κ2) is 8.79. The molecule has 0 radical (unpaired) electrons. The quantitative estimate of drug-likeness (QED) is 0.586. The van der Waals surface area contributed by atoms with Crippen molar-refractivity contribution in [3.8, 4) is 5.75 Å². The molecule has 0 saturated carbocycles.